The van der Waals surface area contributed by atoms with E-state index in [1.165, 1.54) is 11.8 Å². The molecule has 2 aromatic carbocycles. The van der Waals surface area contributed by atoms with E-state index >= 15 is 0 Å². The van der Waals surface area contributed by atoms with Gasteiger partial charge in [-0.15, -0.1) is 0 Å². The molecule has 0 spiro atoms. The molecule has 1 heterocycles. The molecule has 0 radical (unpaired) electrons. The summed E-state index contributed by atoms with van der Waals surface area (Å²) in [5, 5.41) is 10.4. The van der Waals surface area contributed by atoms with Gasteiger partial charge in [-0.05, 0) is 37.3 Å². The highest BCUT2D eigenvalue weighted by atomic mass is 35.5. The zero-order valence-corrected chi connectivity index (χ0v) is 14.6. The molecule has 0 N–H and O–H groups in total. The van der Waals surface area contributed by atoms with Gasteiger partial charge in [0.15, 0.2) is 5.16 Å². The normalized spacial score (nSPS) is 10.7. The van der Waals surface area contributed by atoms with Gasteiger partial charge in [0.05, 0.1) is 22.7 Å². The Kier molecular flexibility index (Phi) is 4.89. The van der Waals surface area contributed by atoms with Crippen LogP contribution in [0.4, 0.5) is 0 Å². The summed E-state index contributed by atoms with van der Waals surface area (Å²) in [6, 6.07) is 14.9. The van der Waals surface area contributed by atoms with E-state index in [0.29, 0.717) is 33.3 Å². The number of aromatic nitrogens is 2. The Labute approximate surface area is 148 Å². The lowest BCUT2D eigenvalue weighted by Crippen LogP contribution is -2.21. The lowest BCUT2D eigenvalue weighted by atomic mass is 10.2. The standard InChI is InChI=1S/C18H14ClN3OS/c1-12-3-6-14(7-4-12)22-17(23)15-8-5-13(19)11-16(15)21-18(22)24-10-2-9-20/h3-8,11H,2,10H2,1H3. The average Bonchev–Trinajstić information content (AvgIpc) is 2.56. The van der Waals surface area contributed by atoms with Crippen LogP contribution in [0.25, 0.3) is 16.6 Å². The van der Waals surface area contributed by atoms with E-state index in [4.69, 9.17) is 16.9 Å². The van der Waals surface area contributed by atoms with Crippen LogP contribution in [0.15, 0.2) is 52.4 Å². The van der Waals surface area contributed by atoms with E-state index in [-0.39, 0.29) is 5.56 Å². The van der Waals surface area contributed by atoms with Crippen molar-refractivity contribution in [3.8, 4) is 11.8 Å². The zero-order valence-electron chi connectivity index (χ0n) is 13.0. The van der Waals surface area contributed by atoms with Gasteiger partial charge < -0.3 is 0 Å². The van der Waals surface area contributed by atoms with Crippen LogP contribution in [0.3, 0.4) is 0 Å². The molecule has 0 saturated heterocycles. The highest BCUT2D eigenvalue weighted by Crippen LogP contribution is 2.23. The predicted molar refractivity (Wildman–Crippen MR) is 98.0 cm³/mol. The number of nitrogens with zero attached hydrogens (tertiary/aromatic N) is 3. The number of rotatable bonds is 4. The third kappa shape index (κ3) is 3.30. The van der Waals surface area contributed by atoms with Gasteiger partial charge in [-0.3, -0.25) is 9.36 Å². The summed E-state index contributed by atoms with van der Waals surface area (Å²) in [4.78, 5) is 17.6. The monoisotopic (exact) mass is 355 g/mol. The highest BCUT2D eigenvalue weighted by Gasteiger charge is 2.13. The first kappa shape index (κ1) is 16.6. The Morgan fingerprint density at radius 2 is 2.00 bits per heavy atom. The van der Waals surface area contributed by atoms with Crippen LogP contribution >= 0.6 is 23.4 Å². The fourth-order valence-corrected chi connectivity index (χ4v) is 3.37. The minimum absolute atomic E-state index is 0.139. The smallest absolute Gasteiger partial charge is 0.266 e. The summed E-state index contributed by atoms with van der Waals surface area (Å²) in [6.45, 7) is 2.00. The Morgan fingerprint density at radius 1 is 1.25 bits per heavy atom. The number of hydrogen-bond acceptors (Lipinski definition) is 4. The fourth-order valence-electron chi connectivity index (χ4n) is 2.34. The number of nitriles is 1. The van der Waals surface area contributed by atoms with Gasteiger partial charge in [0, 0.05) is 17.2 Å². The molecule has 3 rings (SSSR count). The number of thioether (sulfide) groups is 1. The van der Waals surface area contributed by atoms with Crippen molar-refractivity contribution in [2.24, 2.45) is 0 Å². The zero-order chi connectivity index (χ0) is 17.1. The van der Waals surface area contributed by atoms with Crippen LogP contribution in [0.2, 0.25) is 5.02 Å². The van der Waals surface area contributed by atoms with Gasteiger partial charge in [0.2, 0.25) is 0 Å². The number of aryl methyl sites for hydroxylation is 1. The maximum atomic E-state index is 13.0. The second-order valence-electron chi connectivity index (χ2n) is 5.29. The molecule has 120 valence electrons. The molecule has 0 aliphatic rings. The quantitative estimate of drug-likeness (QED) is 0.396. The van der Waals surface area contributed by atoms with E-state index in [1.54, 1.807) is 22.8 Å². The molecule has 0 fully saturated rings. The lowest BCUT2D eigenvalue weighted by Gasteiger charge is -2.13. The molecule has 0 amide bonds. The van der Waals surface area contributed by atoms with Crippen molar-refractivity contribution in [2.45, 2.75) is 18.5 Å². The molecule has 0 atom stereocenters. The van der Waals surface area contributed by atoms with Crippen molar-refractivity contribution in [3.63, 3.8) is 0 Å². The van der Waals surface area contributed by atoms with Crippen LogP contribution in [0, 0.1) is 18.3 Å². The van der Waals surface area contributed by atoms with Gasteiger partial charge in [-0.1, -0.05) is 41.1 Å². The third-order valence-electron chi connectivity index (χ3n) is 3.54. The van der Waals surface area contributed by atoms with Crippen LogP contribution < -0.4 is 5.56 Å². The SMILES string of the molecule is Cc1ccc(-n2c(SCCC#N)nc3cc(Cl)ccc3c2=O)cc1. The summed E-state index contributed by atoms with van der Waals surface area (Å²) in [6.07, 6.45) is 0.391. The molecular formula is C18H14ClN3OS. The number of halogens is 1. The van der Waals surface area contributed by atoms with Crippen molar-refractivity contribution in [1.29, 1.82) is 5.26 Å². The summed E-state index contributed by atoms with van der Waals surface area (Å²) < 4.78 is 1.59. The largest absolute Gasteiger partial charge is 0.268 e. The molecule has 0 bridgehead atoms. The molecule has 24 heavy (non-hydrogen) atoms. The van der Waals surface area contributed by atoms with Crippen molar-refractivity contribution >= 4 is 34.3 Å². The maximum Gasteiger partial charge on any atom is 0.266 e. The van der Waals surface area contributed by atoms with Gasteiger partial charge in [0.25, 0.3) is 5.56 Å². The minimum Gasteiger partial charge on any atom is -0.268 e. The number of benzene rings is 2. The summed E-state index contributed by atoms with van der Waals surface area (Å²) in [7, 11) is 0. The van der Waals surface area contributed by atoms with Crippen molar-refractivity contribution in [2.75, 3.05) is 5.75 Å². The number of fused-ring (bicyclic) bond motifs is 1. The van der Waals surface area contributed by atoms with Crippen molar-refractivity contribution < 1.29 is 0 Å². The molecule has 3 aromatic rings. The second-order valence-corrected chi connectivity index (χ2v) is 6.79. The van der Waals surface area contributed by atoms with Crippen LogP contribution in [-0.2, 0) is 0 Å². The molecule has 0 saturated carbocycles. The van der Waals surface area contributed by atoms with E-state index < -0.39 is 0 Å². The first-order valence-corrected chi connectivity index (χ1v) is 8.75. The van der Waals surface area contributed by atoms with E-state index in [2.05, 4.69) is 11.1 Å². The highest BCUT2D eigenvalue weighted by molar-refractivity contribution is 7.99. The van der Waals surface area contributed by atoms with Gasteiger partial charge >= 0.3 is 0 Å². The molecule has 0 aliphatic heterocycles. The first-order chi connectivity index (χ1) is 11.6. The maximum absolute atomic E-state index is 13.0. The molecule has 0 aliphatic carbocycles. The minimum atomic E-state index is -0.139. The average molecular weight is 356 g/mol. The number of hydrogen-bond donors (Lipinski definition) is 0. The molecule has 6 heteroatoms. The van der Waals surface area contributed by atoms with E-state index in [1.807, 2.05) is 31.2 Å². The summed E-state index contributed by atoms with van der Waals surface area (Å²) >= 11 is 7.42. The third-order valence-corrected chi connectivity index (χ3v) is 4.71. The van der Waals surface area contributed by atoms with Crippen LogP contribution in [0.5, 0.6) is 0 Å². The topological polar surface area (TPSA) is 58.7 Å². The molecule has 4 nitrogen and oxygen atoms in total. The second kappa shape index (κ2) is 7.08. The van der Waals surface area contributed by atoms with Gasteiger partial charge in [-0.2, -0.15) is 5.26 Å². The lowest BCUT2D eigenvalue weighted by molar-refractivity contribution is 0.819. The Balaban J connectivity index is 2.23. The Hall–Kier alpha value is -2.29. The molecule has 1 aromatic heterocycles. The molecule has 0 unspecified atom stereocenters. The van der Waals surface area contributed by atoms with E-state index in [0.717, 1.165) is 11.3 Å². The van der Waals surface area contributed by atoms with Crippen LogP contribution in [-0.4, -0.2) is 15.3 Å². The predicted octanol–water partition coefficient (Wildman–Crippen LogP) is 4.35. The van der Waals surface area contributed by atoms with E-state index in [9.17, 15) is 4.79 Å². The Bertz CT molecular complexity index is 990. The van der Waals surface area contributed by atoms with Gasteiger partial charge in [-0.25, -0.2) is 4.98 Å². The summed E-state index contributed by atoms with van der Waals surface area (Å²) in [5.41, 5.74) is 2.30. The first-order valence-electron chi connectivity index (χ1n) is 7.39. The fraction of sp³-hybridized carbons (Fsp3) is 0.167. The van der Waals surface area contributed by atoms with Crippen molar-refractivity contribution in [3.05, 3.63) is 63.4 Å². The van der Waals surface area contributed by atoms with Crippen molar-refractivity contribution in [1.82, 2.24) is 9.55 Å². The Morgan fingerprint density at radius 3 is 2.71 bits per heavy atom. The molecular weight excluding hydrogens is 342 g/mol. The van der Waals surface area contributed by atoms with Gasteiger partial charge in [0.1, 0.15) is 0 Å². The summed E-state index contributed by atoms with van der Waals surface area (Å²) in [5.74, 6) is 0.570. The van der Waals surface area contributed by atoms with Crippen LogP contribution in [0.1, 0.15) is 12.0 Å².